The first-order chi connectivity index (χ1) is 6.20. The molecule has 0 aromatic carbocycles. The Labute approximate surface area is 70.4 Å². The molecule has 0 aliphatic carbocycles. The minimum absolute atomic E-state index is 0.0926. The van der Waals surface area contributed by atoms with Crippen molar-refractivity contribution in [1.29, 1.82) is 0 Å². The van der Waals surface area contributed by atoms with Crippen LogP contribution < -0.4 is 11.3 Å². The molecule has 66 valence electrons. The largest absolute Gasteiger partial charge is 0.364 e. The fourth-order valence-electron chi connectivity index (χ4n) is 0.878. The molecule has 8 nitrogen and oxygen atoms in total. The maximum atomic E-state index is 11.3. The van der Waals surface area contributed by atoms with Crippen molar-refractivity contribution in [3.05, 3.63) is 22.4 Å². The van der Waals surface area contributed by atoms with E-state index in [0.717, 1.165) is 4.52 Å². The molecule has 0 saturated heterocycles. The SMILES string of the molecule is NC(=O)c1nnc2nc[nH]n2c1=O. The molecule has 0 fully saturated rings. The molecule has 2 aromatic heterocycles. The van der Waals surface area contributed by atoms with Gasteiger partial charge in [0.25, 0.3) is 11.7 Å². The lowest BCUT2D eigenvalue weighted by molar-refractivity contribution is 0.0992. The molecule has 0 spiro atoms. The smallest absolute Gasteiger partial charge is 0.305 e. The van der Waals surface area contributed by atoms with E-state index in [1.165, 1.54) is 6.33 Å². The maximum absolute atomic E-state index is 11.3. The van der Waals surface area contributed by atoms with Crippen molar-refractivity contribution in [2.45, 2.75) is 0 Å². The minimum Gasteiger partial charge on any atom is -0.364 e. The quantitative estimate of drug-likeness (QED) is 0.521. The summed E-state index contributed by atoms with van der Waals surface area (Å²) >= 11 is 0. The second-order valence-electron chi connectivity index (χ2n) is 2.24. The van der Waals surface area contributed by atoms with Crippen LogP contribution in [-0.4, -0.2) is 30.7 Å². The molecule has 8 heteroatoms. The van der Waals surface area contributed by atoms with E-state index in [1.54, 1.807) is 0 Å². The Kier molecular flexibility index (Phi) is 1.35. The van der Waals surface area contributed by atoms with Gasteiger partial charge in [-0.25, -0.2) is 0 Å². The zero-order valence-electron chi connectivity index (χ0n) is 6.26. The van der Waals surface area contributed by atoms with Gasteiger partial charge in [0.15, 0.2) is 0 Å². The number of H-pyrrole nitrogens is 1. The van der Waals surface area contributed by atoms with Crippen LogP contribution in [0.25, 0.3) is 5.78 Å². The first-order valence-corrected chi connectivity index (χ1v) is 3.29. The zero-order chi connectivity index (χ0) is 9.42. The number of nitrogens with one attached hydrogen (secondary N) is 1. The molecule has 2 aromatic rings. The molecule has 13 heavy (non-hydrogen) atoms. The number of hydrogen-bond donors (Lipinski definition) is 2. The Morgan fingerprint density at radius 2 is 2.31 bits per heavy atom. The highest BCUT2D eigenvalue weighted by Gasteiger charge is 2.12. The van der Waals surface area contributed by atoms with Gasteiger partial charge in [-0.1, -0.05) is 0 Å². The van der Waals surface area contributed by atoms with E-state index >= 15 is 0 Å². The summed E-state index contributed by atoms with van der Waals surface area (Å²) in [6.07, 6.45) is 1.26. The van der Waals surface area contributed by atoms with Gasteiger partial charge in [0.2, 0.25) is 5.69 Å². The third-order valence-electron chi connectivity index (χ3n) is 1.45. The molecule has 0 aliphatic heterocycles. The van der Waals surface area contributed by atoms with Gasteiger partial charge in [-0.2, -0.15) is 9.50 Å². The third-order valence-corrected chi connectivity index (χ3v) is 1.45. The van der Waals surface area contributed by atoms with Gasteiger partial charge in [0, 0.05) is 0 Å². The van der Waals surface area contributed by atoms with Crippen LogP contribution in [0.3, 0.4) is 0 Å². The number of carbonyl (C=O) groups is 1. The van der Waals surface area contributed by atoms with Gasteiger partial charge in [0.05, 0.1) is 0 Å². The lowest BCUT2D eigenvalue weighted by Crippen LogP contribution is -2.29. The van der Waals surface area contributed by atoms with Gasteiger partial charge in [-0.3, -0.25) is 14.7 Å². The highest BCUT2D eigenvalue weighted by atomic mass is 16.2. The van der Waals surface area contributed by atoms with Crippen LogP contribution in [0.15, 0.2) is 11.1 Å². The van der Waals surface area contributed by atoms with Crippen LogP contribution >= 0.6 is 0 Å². The number of rotatable bonds is 1. The Morgan fingerprint density at radius 3 is 3.00 bits per heavy atom. The molecular formula is C5H4N6O2. The fourth-order valence-corrected chi connectivity index (χ4v) is 0.878. The van der Waals surface area contributed by atoms with E-state index in [1.807, 2.05) is 0 Å². The highest BCUT2D eigenvalue weighted by molar-refractivity contribution is 5.90. The first kappa shape index (κ1) is 7.40. The standard InChI is InChI=1S/C5H4N6O2/c6-3(12)2-4(13)11-5(10-9-2)7-1-8-11/h1H,(H2,6,12)(H,7,8,10). The van der Waals surface area contributed by atoms with Gasteiger partial charge in [-0.05, 0) is 0 Å². The van der Waals surface area contributed by atoms with Crippen molar-refractivity contribution >= 4 is 11.7 Å². The van der Waals surface area contributed by atoms with Crippen molar-refractivity contribution in [1.82, 2.24) is 24.8 Å². The predicted molar refractivity (Wildman–Crippen MR) is 39.9 cm³/mol. The summed E-state index contributed by atoms with van der Waals surface area (Å²) in [5.74, 6) is -0.823. The normalized spacial score (nSPS) is 10.5. The van der Waals surface area contributed by atoms with Crippen LogP contribution in [0.5, 0.6) is 0 Å². The fraction of sp³-hybridized carbons (Fsp3) is 0. The van der Waals surface area contributed by atoms with E-state index in [9.17, 15) is 9.59 Å². The van der Waals surface area contributed by atoms with Crippen molar-refractivity contribution in [3.8, 4) is 0 Å². The van der Waals surface area contributed by atoms with Gasteiger partial charge < -0.3 is 5.73 Å². The summed E-state index contributed by atoms with van der Waals surface area (Å²) in [6.45, 7) is 0. The molecule has 0 saturated carbocycles. The Morgan fingerprint density at radius 1 is 1.54 bits per heavy atom. The molecule has 1 amide bonds. The number of fused-ring (bicyclic) bond motifs is 1. The number of aromatic nitrogens is 5. The van der Waals surface area contributed by atoms with Crippen LogP contribution in [-0.2, 0) is 0 Å². The Balaban J connectivity index is 2.89. The number of aromatic amines is 1. The molecule has 0 atom stereocenters. The maximum Gasteiger partial charge on any atom is 0.305 e. The summed E-state index contributed by atoms with van der Waals surface area (Å²) in [5, 5.41) is 9.30. The minimum atomic E-state index is -0.915. The number of primary amides is 1. The lowest BCUT2D eigenvalue weighted by atomic mass is 10.4. The average molecular weight is 180 g/mol. The molecular weight excluding hydrogens is 176 g/mol. The third kappa shape index (κ3) is 0.956. The van der Waals surface area contributed by atoms with Gasteiger partial charge in [0.1, 0.15) is 6.33 Å². The van der Waals surface area contributed by atoms with E-state index in [4.69, 9.17) is 5.73 Å². The van der Waals surface area contributed by atoms with Gasteiger partial charge in [-0.15, -0.1) is 10.2 Å². The zero-order valence-corrected chi connectivity index (χ0v) is 6.26. The van der Waals surface area contributed by atoms with Crippen LogP contribution in [0.2, 0.25) is 0 Å². The van der Waals surface area contributed by atoms with E-state index in [-0.39, 0.29) is 5.78 Å². The summed E-state index contributed by atoms with van der Waals surface area (Å²) in [5.41, 5.74) is 3.81. The summed E-state index contributed by atoms with van der Waals surface area (Å²) in [6, 6.07) is 0. The molecule has 0 unspecified atom stereocenters. The second kappa shape index (κ2) is 2.37. The van der Waals surface area contributed by atoms with E-state index < -0.39 is 17.2 Å². The number of nitrogens with two attached hydrogens (primary N) is 1. The molecule has 2 heterocycles. The first-order valence-electron chi connectivity index (χ1n) is 3.29. The molecule has 0 aliphatic rings. The van der Waals surface area contributed by atoms with Crippen molar-refractivity contribution in [2.75, 3.05) is 0 Å². The van der Waals surface area contributed by atoms with Crippen molar-refractivity contribution in [2.24, 2.45) is 5.73 Å². The summed E-state index contributed by atoms with van der Waals surface area (Å²) in [4.78, 5) is 25.6. The average Bonchev–Trinajstić information content (AvgIpc) is 2.52. The lowest BCUT2D eigenvalue weighted by Gasteiger charge is -1.92. The number of amides is 1. The number of hydrogen-bond acceptors (Lipinski definition) is 5. The van der Waals surface area contributed by atoms with Gasteiger partial charge >= 0.3 is 5.56 Å². The molecule has 3 N–H and O–H groups in total. The Hall–Kier alpha value is -2.25. The van der Waals surface area contributed by atoms with Crippen LogP contribution in [0.4, 0.5) is 0 Å². The molecule has 2 rings (SSSR count). The summed E-state index contributed by atoms with van der Waals surface area (Å²) < 4.78 is 0.979. The molecule has 0 bridgehead atoms. The monoisotopic (exact) mass is 180 g/mol. The van der Waals surface area contributed by atoms with Crippen LogP contribution in [0.1, 0.15) is 10.5 Å². The number of carbonyl (C=O) groups excluding carboxylic acids is 1. The van der Waals surface area contributed by atoms with E-state index in [0.29, 0.717) is 0 Å². The second-order valence-corrected chi connectivity index (χ2v) is 2.24. The number of nitrogens with zero attached hydrogens (tertiary/aromatic N) is 4. The van der Waals surface area contributed by atoms with Crippen molar-refractivity contribution in [3.63, 3.8) is 0 Å². The Bertz CT molecular complexity index is 525. The van der Waals surface area contributed by atoms with Crippen molar-refractivity contribution < 1.29 is 4.79 Å². The van der Waals surface area contributed by atoms with Crippen LogP contribution in [0, 0.1) is 0 Å². The molecule has 0 radical (unpaired) electrons. The summed E-state index contributed by atoms with van der Waals surface area (Å²) in [7, 11) is 0. The predicted octanol–water partition coefficient (Wildman–Crippen LogP) is -2.09. The highest BCUT2D eigenvalue weighted by Crippen LogP contribution is 1.86. The topological polar surface area (TPSA) is 119 Å². The van der Waals surface area contributed by atoms with E-state index in [2.05, 4.69) is 20.3 Å².